The lowest BCUT2D eigenvalue weighted by Crippen LogP contribution is -2.62. The third kappa shape index (κ3) is 2.66. The summed E-state index contributed by atoms with van der Waals surface area (Å²) in [5.41, 5.74) is -0.463. The van der Waals surface area contributed by atoms with Gasteiger partial charge < -0.3 is 9.84 Å². The van der Waals surface area contributed by atoms with Crippen molar-refractivity contribution < 1.29 is 19.4 Å². The van der Waals surface area contributed by atoms with Crippen molar-refractivity contribution in [1.29, 1.82) is 0 Å². The number of allylic oxidation sites excluding steroid dienone is 2. The zero-order valence-electron chi connectivity index (χ0n) is 13.6. The van der Waals surface area contributed by atoms with E-state index in [0.29, 0.717) is 18.8 Å². The third-order valence-electron chi connectivity index (χ3n) is 5.41. The van der Waals surface area contributed by atoms with Gasteiger partial charge in [0.25, 0.3) is 0 Å². The van der Waals surface area contributed by atoms with E-state index in [1.807, 2.05) is 6.92 Å². The molecule has 1 saturated carbocycles. The predicted octanol–water partition coefficient (Wildman–Crippen LogP) is 2.64. The fourth-order valence-electron chi connectivity index (χ4n) is 3.85. The molecule has 0 bridgehead atoms. The molecule has 0 aromatic carbocycles. The molecule has 2 rings (SSSR count). The quantitative estimate of drug-likeness (QED) is 0.628. The summed E-state index contributed by atoms with van der Waals surface area (Å²) < 4.78 is 5.24. The molecule has 1 N–H and O–H groups in total. The summed E-state index contributed by atoms with van der Waals surface area (Å²) in [6, 6.07) is 0. The monoisotopic (exact) mass is 294 g/mol. The SMILES string of the molecule is CC(=O)OC1CC(=O)C2(C)CC=C(C(C)C)CC2C1(C)O. The first-order chi connectivity index (χ1) is 9.59. The number of carbonyl (C=O) groups excluding carboxylic acids is 2. The molecule has 4 unspecified atom stereocenters. The van der Waals surface area contributed by atoms with E-state index >= 15 is 0 Å². The zero-order chi connectivity index (χ0) is 16.0. The number of esters is 1. The van der Waals surface area contributed by atoms with Gasteiger partial charge in [0.2, 0.25) is 0 Å². The van der Waals surface area contributed by atoms with Crippen LogP contribution in [0.5, 0.6) is 0 Å². The number of Topliss-reactive ketones (excluding diaryl/α,β-unsaturated/α-hetero) is 1. The van der Waals surface area contributed by atoms with Gasteiger partial charge in [-0.2, -0.15) is 0 Å². The summed E-state index contributed by atoms with van der Waals surface area (Å²) in [4.78, 5) is 23.8. The van der Waals surface area contributed by atoms with E-state index in [1.165, 1.54) is 12.5 Å². The lowest BCUT2D eigenvalue weighted by molar-refractivity contribution is -0.196. The highest BCUT2D eigenvalue weighted by molar-refractivity contribution is 5.87. The van der Waals surface area contributed by atoms with Crippen LogP contribution in [0.15, 0.2) is 11.6 Å². The van der Waals surface area contributed by atoms with Crippen LogP contribution in [0.3, 0.4) is 0 Å². The van der Waals surface area contributed by atoms with Crippen LogP contribution in [0.1, 0.15) is 53.9 Å². The number of rotatable bonds is 2. The first-order valence-corrected chi connectivity index (χ1v) is 7.71. The summed E-state index contributed by atoms with van der Waals surface area (Å²) in [7, 11) is 0. The minimum atomic E-state index is -1.18. The van der Waals surface area contributed by atoms with Crippen molar-refractivity contribution in [2.24, 2.45) is 17.3 Å². The highest BCUT2D eigenvalue weighted by Gasteiger charge is 2.59. The molecule has 0 saturated heterocycles. The number of hydrogen-bond donors (Lipinski definition) is 1. The largest absolute Gasteiger partial charge is 0.459 e. The molecule has 0 heterocycles. The molecule has 2 aliphatic rings. The number of carbonyl (C=O) groups is 2. The van der Waals surface area contributed by atoms with Crippen molar-refractivity contribution in [2.45, 2.75) is 65.6 Å². The summed E-state index contributed by atoms with van der Waals surface area (Å²) in [6.45, 7) is 9.20. The van der Waals surface area contributed by atoms with Gasteiger partial charge in [0.1, 0.15) is 17.5 Å². The van der Waals surface area contributed by atoms with Gasteiger partial charge in [0.05, 0.1) is 0 Å². The van der Waals surface area contributed by atoms with Crippen LogP contribution in [-0.4, -0.2) is 28.6 Å². The molecule has 0 amide bonds. The highest BCUT2D eigenvalue weighted by atomic mass is 16.6. The maximum atomic E-state index is 12.6. The van der Waals surface area contributed by atoms with Crippen LogP contribution in [0.4, 0.5) is 0 Å². The van der Waals surface area contributed by atoms with Gasteiger partial charge in [-0.1, -0.05) is 32.4 Å². The molecule has 0 aromatic rings. The number of ketones is 1. The normalized spacial score (nSPS) is 39.8. The molecule has 0 spiro atoms. The molecule has 0 aromatic heterocycles. The average molecular weight is 294 g/mol. The van der Waals surface area contributed by atoms with E-state index < -0.39 is 23.1 Å². The number of fused-ring (bicyclic) bond motifs is 1. The predicted molar refractivity (Wildman–Crippen MR) is 79.6 cm³/mol. The topological polar surface area (TPSA) is 63.6 Å². The summed E-state index contributed by atoms with van der Waals surface area (Å²) in [6.07, 6.45) is 2.86. The van der Waals surface area contributed by atoms with Crippen LogP contribution in [0, 0.1) is 17.3 Å². The van der Waals surface area contributed by atoms with E-state index in [4.69, 9.17) is 4.74 Å². The molecule has 0 aliphatic heterocycles. The Balaban J connectivity index is 2.38. The van der Waals surface area contributed by atoms with E-state index in [-0.39, 0.29) is 18.1 Å². The van der Waals surface area contributed by atoms with Gasteiger partial charge in [0.15, 0.2) is 0 Å². The second-order valence-electron chi connectivity index (χ2n) is 7.26. The standard InChI is InChI=1S/C17H26O4/c1-10(2)12-6-7-16(4)13(8-12)17(5,20)15(9-14(16)19)21-11(3)18/h6,10,13,15,20H,7-9H2,1-5H3. The maximum absolute atomic E-state index is 12.6. The number of ether oxygens (including phenoxy) is 1. The molecule has 4 atom stereocenters. The molecular formula is C17H26O4. The Morgan fingerprint density at radius 1 is 1.38 bits per heavy atom. The van der Waals surface area contributed by atoms with Gasteiger partial charge in [-0.25, -0.2) is 0 Å². The Bertz CT molecular complexity index is 489. The molecular weight excluding hydrogens is 268 g/mol. The second-order valence-corrected chi connectivity index (χ2v) is 7.26. The lowest BCUT2D eigenvalue weighted by atomic mass is 9.53. The minimum Gasteiger partial charge on any atom is -0.459 e. The molecule has 118 valence electrons. The lowest BCUT2D eigenvalue weighted by Gasteiger charge is -2.53. The van der Waals surface area contributed by atoms with E-state index in [2.05, 4.69) is 19.9 Å². The van der Waals surface area contributed by atoms with Crippen LogP contribution in [-0.2, 0) is 14.3 Å². The summed E-state index contributed by atoms with van der Waals surface area (Å²) >= 11 is 0. The summed E-state index contributed by atoms with van der Waals surface area (Å²) in [5.74, 6) is -0.177. The van der Waals surface area contributed by atoms with Gasteiger partial charge in [-0.05, 0) is 25.7 Å². The van der Waals surface area contributed by atoms with Crippen molar-refractivity contribution >= 4 is 11.8 Å². The molecule has 4 heteroatoms. The minimum absolute atomic E-state index is 0.0873. The molecule has 2 aliphatic carbocycles. The Hall–Kier alpha value is -1.16. The van der Waals surface area contributed by atoms with Gasteiger partial charge >= 0.3 is 5.97 Å². The fourth-order valence-corrected chi connectivity index (χ4v) is 3.85. The smallest absolute Gasteiger partial charge is 0.303 e. The third-order valence-corrected chi connectivity index (χ3v) is 5.41. The zero-order valence-corrected chi connectivity index (χ0v) is 13.6. The first kappa shape index (κ1) is 16.2. The summed E-state index contributed by atoms with van der Waals surface area (Å²) in [5, 5.41) is 11.0. The molecule has 0 radical (unpaired) electrons. The number of hydrogen-bond acceptors (Lipinski definition) is 4. The average Bonchev–Trinajstić information content (AvgIpc) is 2.35. The van der Waals surface area contributed by atoms with Gasteiger partial charge in [-0.3, -0.25) is 9.59 Å². The van der Waals surface area contributed by atoms with Crippen molar-refractivity contribution in [3.63, 3.8) is 0 Å². The Morgan fingerprint density at radius 2 is 2.00 bits per heavy atom. The van der Waals surface area contributed by atoms with Gasteiger partial charge in [0, 0.05) is 24.7 Å². The Labute approximate surface area is 126 Å². The van der Waals surface area contributed by atoms with Crippen LogP contribution >= 0.6 is 0 Å². The van der Waals surface area contributed by atoms with E-state index in [0.717, 1.165) is 0 Å². The van der Waals surface area contributed by atoms with Crippen LogP contribution in [0.2, 0.25) is 0 Å². The van der Waals surface area contributed by atoms with Crippen molar-refractivity contribution in [3.8, 4) is 0 Å². The highest BCUT2D eigenvalue weighted by Crippen LogP contribution is 2.53. The van der Waals surface area contributed by atoms with Crippen molar-refractivity contribution in [1.82, 2.24) is 0 Å². The fraction of sp³-hybridized carbons (Fsp3) is 0.765. The van der Waals surface area contributed by atoms with Gasteiger partial charge in [-0.15, -0.1) is 0 Å². The Morgan fingerprint density at radius 3 is 2.52 bits per heavy atom. The first-order valence-electron chi connectivity index (χ1n) is 7.71. The maximum Gasteiger partial charge on any atom is 0.303 e. The Kier molecular flexibility index (Phi) is 4.04. The van der Waals surface area contributed by atoms with E-state index in [1.54, 1.807) is 6.92 Å². The van der Waals surface area contributed by atoms with Crippen molar-refractivity contribution in [3.05, 3.63) is 11.6 Å². The molecule has 4 nitrogen and oxygen atoms in total. The molecule has 1 fully saturated rings. The molecule has 21 heavy (non-hydrogen) atoms. The van der Waals surface area contributed by atoms with Crippen LogP contribution < -0.4 is 0 Å². The number of aliphatic hydroxyl groups is 1. The van der Waals surface area contributed by atoms with E-state index in [9.17, 15) is 14.7 Å². The van der Waals surface area contributed by atoms with Crippen molar-refractivity contribution in [2.75, 3.05) is 0 Å². The second kappa shape index (κ2) is 5.24. The van der Waals surface area contributed by atoms with Crippen LogP contribution in [0.25, 0.3) is 0 Å².